The lowest BCUT2D eigenvalue weighted by molar-refractivity contribution is 0.102. The third kappa shape index (κ3) is 4.46. The summed E-state index contributed by atoms with van der Waals surface area (Å²) in [6, 6.07) is 9.72. The molecule has 10 heteroatoms. The van der Waals surface area contributed by atoms with Gasteiger partial charge in [-0.3, -0.25) is 19.9 Å². The van der Waals surface area contributed by atoms with Crippen molar-refractivity contribution in [1.29, 1.82) is 0 Å². The van der Waals surface area contributed by atoms with Crippen LogP contribution in [0.5, 0.6) is 5.75 Å². The lowest BCUT2D eigenvalue weighted by Gasteiger charge is -2.22. The molecule has 1 fully saturated rings. The number of pyridine rings is 3. The molecule has 0 unspecified atom stereocenters. The fourth-order valence-corrected chi connectivity index (χ4v) is 6.07. The maximum atomic E-state index is 11.8. The van der Waals surface area contributed by atoms with Crippen LogP contribution < -0.4 is 4.74 Å². The van der Waals surface area contributed by atoms with Crippen molar-refractivity contribution in [3.05, 3.63) is 60.0 Å². The van der Waals surface area contributed by atoms with Crippen molar-refractivity contribution in [2.45, 2.75) is 45.1 Å². The number of nitrogens with zero attached hydrogens (tertiary/aromatic N) is 5. The molecule has 0 spiro atoms. The predicted molar refractivity (Wildman–Crippen MR) is 151 cm³/mol. The standard InChI is InChI=1S/C29H25N7O2S/c1-16(37)24-7-8-25(39-24)20-9-10-31-28-26(20)33-29(34-28)27-21-12-22(32-15-23(21)35-36-27)17-11-19(14-30-13-17)38-18-5-3-2-4-6-18/h7-15,18H,2-6H2,1H3,(H,35,36)(H,31,33,34). The second-order valence-electron chi connectivity index (χ2n) is 9.84. The van der Waals surface area contributed by atoms with Gasteiger partial charge in [-0.25, -0.2) is 9.97 Å². The molecule has 0 aliphatic heterocycles. The molecular formula is C29H25N7O2S. The normalized spacial score (nSPS) is 14.3. The zero-order valence-corrected chi connectivity index (χ0v) is 22.1. The maximum Gasteiger partial charge on any atom is 0.169 e. The van der Waals surface area contributed by atoms with E-state index in [2.05, 4.69) is 30.1 Å². The summed E-state index contributed by atoms with van der Waals surface area (Å²) >= 11 is 1.45. The Balaban J connectivity index is 1.25. The van der Waals surface area contributed by atoms with Gasteiger partial charge in [-0.05, 0) is 62.9 Å². The Hall–Kier alpha value is -4.44. The minimum atomic E-state index is 0.0490. The van der Waals surface area contributed by atoms with E-state index in [1.165, 1.54) is 30.6 Å². The Morgan fingerprint density at radius 1 is 1.05 bits per heavy atom. The predicted octanol–water partition coefficient (Wildman–Crippen LogP) is 6.60. The molecule has 0 bridgehead atoms. The van der Waals surface area contributed by atoms with Crippen LogP contribution in [0.4, 0.5) is 0 Å². The fourth-order valence-electron chi connectivity index (χ4n) is 5.15. The van der Waals surface area contributed by atoms with Crippen LogP contribution in [0.2, 0.25) is 0 Å². The first-order valence-corrected chi connectivity index (χ1v) is 13.9. The Labute approximate surface area is 227 Å². The van der Waals surface area contributed by atoms with Gasteiger partial charge in [0.25, 0.3) is 0 Å². The number of aromatic nitrogens is 7. The second kappa shape index (κ2) is 9.70. The molecule has 6 aromatic rings. The highest BCUT2D eigenvalue weighted by Crippen LogP contribution is 2.35. The van der Waals surface area contributed by atoms with E-state index in [9.17, 15) is 4.79 Å². The summed E-state index contributed by atoms with van der Waals surface area (Å²) < 4.78 is 6.23. The minimum absolute atomic E-state index is 0.0490. The second-order valence-corrected chi connectivity index (χ2v) is 10.9. The molecule has 39 heavy (non-hydrogen) atoms. The molecule has 0 amide bonds. The molecule has 9 nitrogen and oxygen atoms in total. The van der Waals surface area contributed by atoms with Gasteiger partial charge in [0.05, 0.1) is 34.6 Å². The van der Waals surface area contributed by atoms with Gasteiger partial charge < -0.3 is 9.72 Å². The van der Waals surface area contributed by atoms with Crippen LogP contribution in [0.15, 0.2) is 55.1 Å². The average molecular weight is 536 g/mol. The van der Waals surface area contributed by atoms with Crippen LogP contribution in [0, 0.1) is 0 Å². The summed E-state index contributed by atoms with van der Waals surface area (Å²) in [5.74, 6) is 1.42. The van der Waals surface area contributed by atoms with Gasteiger partial charge in [0.15, 0.2) is 17.3 Å². The third-order valence-corrected chi connectivity index (χ3v) is 8.36. The molecule has 2 N–H and O–H groups in total. The summed E-state index contributed by atoms with van der Waals surface area (Å²) in [4.78, 5) is 35.3. The highest BCUT2D eigenvalue weighted by atomic mass is 32.1. The van der Waals surface area contributed by atoms with E-state index < -0.39 is 0 Å². The molecule has 0 atom stereocenters. The van der Waals surface area contributed by atoms with Gasteiger partial charge >= 0.3 is 0 Å². The zero-order chi connectivity index (χ0) is 26.3. The molecule has 1 saturated carbocycles. The number of carbonyl (C=O) groups excluding carboxylic acids is 1. The van der Waals surface area contributed by atoms with Crippen molar-refractivity contribution in [2.75, 3.05) is 0 Å². The third-order valence-electron chi connectivity index (χ3n) is 7.14. The van der Waals surface area contributed by atoms with Crippen LogP contribution in [-0.4, -0.2) is 47.0 Å². The van der Waals surface area contributed by atoms with Crippen LogP contribution in [-0.2, 0) is 0 Å². The first-order valence-electron chi connectivity index (χ1n) is 13.0. The van der Waals surface area contributed by atoms with E-state index in [0.29, 0.717) is 22.0 Å². The van der Waals surface area contributed by atoms with Gasteiger partial charge in [0, 0.05) is 33.8 Å². The minimum Gasteiger partial charge on any atom is -0.489 e. The molecule has 0 aromatic carbocycles. The van der Waals surface area contributed by atoms with Gasteiger partial charge in [-0.2, -0.15) is 5.10 Å². The SMILES string of the molecule is CC(=O)c1ccc(-c2ccnc3[nH]c(-c4n[nH]c5cnc(-c6cncc(OC7CCCCC7)c6)cc45)nc23)s1. The van der Waals surface area contributed by atoms with Crippen LogP contribution in [0.3, 0.4) is 0 Å². The smallest absolute Gasteiger partial charge is 0.169 e. The van der Waals surface area contributed by atoms with Gasteiger partial charge in [-0.15, -0.1) is 11.3 Å². The number of H-pyrrole nitrogens is 2. The van der Waals surface area contributed by atoms with Crippen molar-refractivity contribution in [3.8, 4) is 39.0 Å². The number of nitrogens with one attached hydrogen (secondary N) is 2. The molecule has 0 saturated heterocycles. The van der Waals surface area contributed by atoms with Gasteiger partial charge in [0.1, 0.15) is 17.0 Å². The highest BCUT2D eigenvalue weighted by molar-refractivity contribution is 7.17. The molecule has 6 aromatic heterocycles. The van der Waals surface area contributed by atoms with Crippen molar-refractivity contribution in [1.82, 2.24) is 35.1 Å². The number of fused-ring (bicyclic) bond motifs is 2. The molecule has 0 radical (unpaired) electrons. The number of aromatic amines is 2. The Bertz CT molecular complexity index is 1830. The molecule has 194 valence electrons. The summed E-state index contributed by atoms with van der Waals surface area (Å²) in [6.07, 6.45) is 13.2. The molecule has 1 aliphatic rings. The summed E-state index contributed by atoms with van der Waals surface area (Å²) in [5.41, 5.74) is 5.43. The van der Waals surface area contributed by atoms with E-state index in [1.54, 1.807) is 31.7 Å². The van der Waals surface area contributed by atoms with Crippen molar-refractivity contribution in [3.63, 3.8) is 0 Å². The average Bonchev–Trinajstić information content (AvgIpc) is 3.71. The largest absolute Gasteiger partial charge is 0.489 e. The first kappa shape index (κ1) is 23.7. The van der Waals surface area contributed by atoms with E-state index in [0.717, 1.165) is 56.7 Å². The topological polar surface area (TPSA) is 122 Å². The molecular weight excluding hydrogens is 510 g/mol. The monoisotopic (exact) mass is 535 g/mol. The van der Waals surface area contributed by atoms with E-state index in [1.807, 2.05) is 30.3 Å². The summed E-state index contributed by atoms with van der Waals surface area (Å²) in [5, 5.41) is 8.50. The number of hydrogen-bond donors (Lipinski definition) is 2. The van der Waals surface area contributed by atoms with E-state index in [4.69, 9.17) is 9.72 Å². The number of hydrogen-bond acceptors (Lipinski definition) is 8. The number of thiophene rings is 1. The maximum absolute atomic E-state index is 11.8. The number of carbonyl (C=O) groups is 1. The molecule has 7 rings (SSSR count). The Morgan fingerprint density at radius 2 is 1.95 bits per heavy atom. The summed E-state index contributed by atoms with van der Waals surface area (Å²) in [7, 11) is 0. The fraction of sp³-hybridized carbons (Fsp3) is 0.241. The lowest BCUT2D eigenvalue weighted by Crippen LogP contribution is -2.19. The Kier molecular flexibility index (Phi) is 5.89. The number of imidazole rings is 1. The zero-order valence-electron chi connectivity index (χ0n) is 21.3. The molecule has 6 heterocycles. The first-order chi connectivity index (χ1) is 19.1. The number of ether oxygens (including phenoxy) is 1. The number of Topliss-reactive ketones (excluding diaryl/α,β-unsaturated/α-hetero) is 1. The van der Waals surface area contributed by atoms with E-state index >= 15 is 0 Å². The number of ketones is 1. The quantitative estimate of drug-likeness (QED) is 0.230. The van der Waals surface area contributed by atoms with E-state index in [-0.39, 0.29) is 11.9 Å². The number of rotatable bonds is 6. The van der Waals surface area contributed by atoms with Crippen LogP contribution in [0.25, 0.3) is 55.3 Å². The van der Waals surface area contributed by atoms with Crippen molar-refractivity contribution < 1.29 is 9.53 Å². The highest BCUT2D eigenvalue weighted by Gasteiger charge is 2.19. The van der Waals surface area contributed by atoms with Crippen LogP contribution >= 0.6 is 11.3 Å². The lowest BCUT2D eigenvalue weighted by atomic mass is 9.98. The van der Waals surface area contributed by atoms with Crippen LogP contribution in [0.1, 0.15) is 48.7 Å². The van der Waals surface area contributed by atoms with Crippen molar-refractivity contribution >= 4 is 39.2 Å². The van der Waals surface area contributed by atoms with Gasteiger partial charge in [0.2, 0.25) is 0 Å². The van der Waals surface area contributed by atoms with Crippen molar-refractivity contribution in [2.24, 2.45) is 0 Å². The molecule has 1 aliphatic carbocycles. The van der Waals surface area contributed by atoms with Gasteiger partial charge in [-0.1, -0.05) is 6.42 Å². The Morgan fingerprint density at radius 3 is 2.79 bits per heavy atom. The summed E-state index contributed by atoms with van der Waals surface area (Å²) in [6.45, 7) is 1.58.